The molecule has 1 aromatic carbocycles. The van der Waals surface area contributed by atoms with Gasteiger partial charge in [0.25, 0.3) is 0 Å². The van der Waals surface area contributed by atoms with Crippen LogP contribution < -0.4 is 10.1 Å². The molecule has 0 aromatic heterocycles. The topological polar surface area (TPSA) is 41.6 Å². The van der Waals surface area contributed by atoms with Gasteiger partial charge >= 0.3 is 0 Å². The highest BCUT2D eigenvalue weighted by molar-refractivity contribution is 6.30. The summed E-state index contributed by atoms with van der Waals surface area (Å²) in [7, 11) is 0. The largest absolute Gasteiger partial charge is 0.493 e. The van der Waals surface area contributed by atoms with E-state index in [1.165, 1.54) is 0 Å². The van der Waals surface area contributed by atoms with Gasteiger partial charge in [0, 0.05) is 30.7 Å². The fourth-order valence-corrected chi connectivity index (χ4v) is 2.27. The van der Waals surface area contributed by atoms with Crippen LogP contribution in [0.3, 0.4) is 0 Å². The zero-order valence-corrected chi connectivity index (χ0v) is 13.0. The summed E-state index contributed by atoms with van der Waals surface area (Å²) in [6, 6.07) is 7.42. The number of halogens is 2. The first-order chi connectivity index (χ1) is 9.16. The summed E-state index contributed by atoms with van der Waals surface area (Å²) >= 11 is 5.79. The Morgan fingerprint density at radius 3 is 2.80 bits per heavy atom. The lowest BCUT2D eigenvalue weighted by atomic mass is 10.2. The molecule has 1 amide bonds. The SMILES string of the molecule is C[C@@H]1CNCCN1C(=O)CCOc1ccc(Cl)cc1.Cl. The van der Waals surface area contributed by atoms with Gasteiger partial charge in [-0.25, -0.2) is 0 Å². The maximum atomic E-state index is 12.0. The molecular formula is C14H20Cl2N2O2. The lowest BCUT2D eigenvalue weighted by Gasteiger charge is -2.34. The van der Waals surface area contributed by atoms with E-state index in [0.717, 1.165) is 25.4 Å². The Kier molecular flexibility index (Phi) is 7.13. The van der Waals surface area contributed by atoms with E-state index in [4.69, 9.17) is 16.3 Å². The highest BCUT2D eigenvalue weighted by Crippen LogP contribution is 2.15. The number of carbonyl (C=O) groups is 1. The fraction of sp³-hybridized carbons (Fsp3) is 0.500. The molecule has 4 nitrogen and oxygen atoms in total. The highest BCUT2D eigenvalue weighted by atomic mass is 35.5. The van der Waals surface area contributed by atoms with Gasteiger partial charge in [-0.1, -0.05) is 11.6 Å². The number of benzene rings is 1. The normalized spacial score (nSPS) is 18.3. The van der Waals surface area contributed by atoms with Crippen LogP contribution in [0.5, 0.6) is 5.75 Å². The Morgan fingerprint density at radius 2 is 2.15 bits per heavy atom. The quantitative estimate of drug-likeness (QED) is 0.926. The molecule has 2 rings (SSSR count). The van der Waals surface area contributed by atoms with E-state index < -0.39 is 0 Å². The Bertz CT molecular complexity index is 426. The molecular weight excluding hydrogens is 299 g/mol. The van der Waals surface area contributed by atoms with E-state index in [2.05, 4.69) is 12.2 Å². The van der Waals surface area contributed by atoms with Crippen molar-refractivity contribution in [2.45, 2.75) is 19.4 Å². The predicted molar refractivity (Wildman–Crippen MR) is 82.9 cm³/mol. The van der Waals surface area contributed by atoms with Crippen molar-refractivity contribution < 1.29 is 9.53 Å². The van der Waals surface area contributed by atoms with E-state index >= 15 is 0 Å². The molecule has 1 aromatic rings. The van der Waals surface area contributed by atoms with Gasteiger partial charge in [0.15, 0.2) is 0 Å². The van der Waals surface area contributed by atoms with Crippen LogP contribution in [0.15, 0.2) is 24.3 Å². The second-order valence-electron chi connectivity index (χ2n) is 4.69. The van der Waals surface area contributed by atoms with Crippen molar-refractivity contribution >= 4 is 29.9 Å². The average Bonchev–Trinajstić information content (AvgIpc) is 2.41. The Labute approximate surface area is 130 Å². The van der Waals surface area contributed by atoms with Gasteiger partial charge in [0.2, 0.25) is 5.91 Å². The van der Waals surface area contributed by atoms with Gasteiger partial charge in [0.1, 0.15) is 5.75 Å². The third-order valence-electron chi connectivity index (χ3n) is 3.22. The molecule has 1 atom stereocenters. The molecule has 0 saturated carbocycles. The van der Waals surface area contributed by atoms with Gasteiger partial charge in [-0.3, -0.25) is 4.79 Å². The van der Waals surface area contributed by atoms with Crippen molar-refractivity contribution in [2.24, 2.45) is 0 Å². The first-order valence-electron chi connectivity index (χ1n) is 6.55. The lowest BCUT2D eigenvalue weighted by molar-refractivity contribution is -0.134. The van der Waals surface area contributed by atoms with Gasteiger partial charge in [0.05, 0.1) is 13.0 Å². The van der Waals surface area contributed by atoms with Crippen molar-refractivity contribution in [2.75, 3.05) is 26.2 Å². The molecule has 0 aliphatic carbocycles. The zero-order valence-electron chi connectivity index (χ0n) is 11.5. The number of ether oxygens (including phenoxy) is 1. The monoisotopic (exact) mass is 318 g/mol. The number of piperazine rings is 1. The van der Waals surface area contributed by atoms with Crippen LogP contribution in [-0.2, 0) is 4.79 Å². The van der Waals surface area contributed by atoms with Crippen LogP contribution in [0.25, 0.3) is 0 Å². The second-order valence-corrected chi connectivity index (χ2v) is 5.13. The summed E-state index contributed by atoms with van der Waals surface area (Å²) in [6.07, 6.45) is 0.410. The van der Waals surface area contributed by atoms with Crippen LogP contribution >= 0.6 is 24.0 Å². The van der Waals surface area contributed by atoms with Crippen molar-refractivity contribution in [1.82, 2.24) is 10.2 Å². The van der Waals surface area contributed by atoms with Crippen molar-refractivity contribution in [1.29, 1.82) is 0 Å². The van der Waals surface area contributed by atoms with Crippen LogP contribution in [0.1, 0.15) is 13.3 Å². The van der Waals surface area contributed by atoms with Gasteiger partial charge in [-0.15, -0.1) is 12.4 Å². The van der Waals surface area contributed by atoms with E-state index in [1.54, 1.807) is 24.3 Å². The number of hydrogen-bond donors (Lipinski definition) is 1. The summed E-state index contributed by atoms with van der Waals surface area (Å²) in [5, 5.41) is 3.95. The molecule has 1 saturated heterocycles. The zero-order chi connectivity index (χ0) is 13.7. The predicted octanol–water partition coefficient (Wildman–Crippen LogP) is 2.35. The molecule has 1 heterocycles. The molecule has 0 bridgehead atoms. The number of nitrogens with zero attached hydrogens (tertiary/aromatic N) is 1. The fourth-order valence-electron chi connectivity index (χ4n) is 2.14. The van der Waals surface area contributed by atoms with Crippen LogP contribution in [0, 0.1) is 0 Å². The average molecular weight is 319 g/mol. The summed E-state index contributed by atoms with van der Waals surface area (Å²) in [4.78, 5) is 14.0. The molecule has 0 spiro atoms. The number of nitrogens with one attached hydrogen (secondary N) is 1. The lowest BCUT2D eigenvalue weighted by Crippen LogP contribution is -2.52. The maximum Gasteiger partial charge on any atom is 0.226 e. The van der Waals surface area contributed by atoms with E-state index in [1.807, 2.05) is 4.90 Å². The minimum atomic E-state index is 0. The van der Waals surface area contributed by atoms with Gasteiger partial charge < -0.3 is 15.0 Å². The smallest absolute Gasteiger partial charge is 0.226 e. The van der Waals surface area contributed by atoms with Crippen molar-refractivity contribution in [3.05, 3.63) is 29.3 Å². The van der Waals surface area contributed by atoms with Crippen LogP contribution in [-0.4, -0.2) is 43.1 Å². The van der Waals surface area contributed by atoms with Crippen molar-refractivity contribution in [3.63, 3.8) is 0 Å². The Hall–Kier alpha value is -0.970. The molecule has 20 heavy (non-hydrogen) atoms. The van der Waals surface area contributed by atoms with E-state index in [-0.39, 0.29) is 24.4 Å². The molecule has 1 aliphatic heterocycles. The molecule has 112 valence electrons. The maximum absolute atomic E-state index is 12.0. The standard InChI is InChI=1S/C14H19ClN2O2.ClH/c1-11-10-16-7-8-17(11)14(18)6-9-19-13-4-2-12(15)3-5-13;/h2-5,11,16H,6-10H2,1H3;1H/t11-;/m1./s1. The third-order valence-corrected chi connectivity index (χ3v) is 3.47. The molecule has 6 heteroatoms. The number of carbonyl (C=O) groups excluding carboxylic acids is 1. The Morgan fingerprint density at radius 1 is 1.45 bits per heavy atom. The van der Waals surface area contributed by atoms with Crippen molar-refractivity contribution in [3.8, 4) is 5.75 Å². The van der Waals surface area contributed by atoms with E-state index in [9.17, 15) is 4.79 Å². The minimum Gasteiger partial charge on any atom is -0.493 e. The van der Waals surface area contributed by atoms with Gasteiger partial charge in [-0.2, -0.15) is 0 Å². The molecule has 0 unspecified atom stereocenters. The van der Waals surface area contributed by atoms with Crippen LogP contribution in [0.4, 0.5) is 0 Å². The molecule has 1 aliphatic rings. The summed E-state index contributed by atoms with van der Waals surface area (Å²) < 4.78 is 5.54. The summed E-state index contributed by atoms with van der Waals surface area (Å²) in [6.45, 7) is 4.97. The van der Waals surface area contributed by atoms with Crippen LogP contribution in [0.2, 0.25) is 5.02 Å². The number of hydrogen-bond acceptors (Lipinski definition) is 3. The number of rotatable bonds is 4. The Balaban J connectivity index is 0.00000200. The molecule has 0 radical (unpaired) electrons. The molecule has 1 fully saturated rings. The first-order valence-corrected chi connectivity index (χ1v) is 6.93. The van der Waals surface area contributed by atoms with E-state index in [0.29, 0.717) is 18.1 Å². The van der Waals surface area contributed by atoms with Gasteiger partial charge in [-0.05, 0) is 31.2 Å². The third kappa shape index (κ3) is 4.85. The summed E-state index contributed by atoms with van der Waals surface area (Å²) in [5.74, 6) is 0.897. The molecule has 1 N–H and O–H groups in total. The first kappa shape index (κ1) is 17.1. The second kappa shape index (κ2) is 8.35. The summed E-state index contributed by atoms with van der Waals surface area (Å²) in [5.41, 5.74) is 0. The number of amides is 1. The highest BCUT2D eigenvalue weighted by Gasteiger charge is 2.22. The minimum absolute atomic E-state index is 0.